The Hall–Kier alpha value is -0.390. The van der Waals surface area contributed by atoms with Crippen LogP contribution < -0.4 is 7.56 Å². The second-order valence-corrected chi connectivity index (χ2v) is 19.6. The van der Waals surface area contributed by atoms with E-state index in [-0.39, 0.29) is 5.81 Å². The molecule has 2 heteroatoms. The van der Waals surface area contributed by atoms with Gasteiger partial charge in [-0.1, -0.05) is 0 Å². The Balaban J connectivity index is 2.62. The summed E-state index contributed by atoms with van der Waals surface area (Å²) in [5.74, 6) is -0.111. The quantitative estimate of drug-likeness (QED) is 0.403. The van der Waals surface area contributed by atoms with Crippen LogP contribution in [0.1, 0.15) is 41.5 Å². The first-order valence-corrected chi connectivity index (χ1v) is 13.9. The van der Waals surface area contributed by atoms with Gasteiger partial charge in [0.1, 0.15) is 0 Å². The maximum atomic E-state index is 2.44. The first kappa shape index (κ1) is 18.0. The third-order valence-electron chi connectivity index (χ3n) is 2.96. The summed E-state index contributed by atoms with van der Waals surface area (Å²) in [6.45, 7) is 14.7. The summed E-state index contributed by atoms with van der Waals surface area (Å²) in [6, 6.07) is 22.6. The van der Waals surface area contributed by atoms with E-state index in [1.807, 2.05) is 0 Å². The molecule has 2 rings (SSSR count). The molecule has 0 radical (unpaired) electrons. The minimum atomic E-state index is -1.37. The van der Waals surface area contributed by atoms with Crippen LogP contribution in [-0.2, 0) is 17.9 Å². The molecule has 0 atom stereocenters. The van der Waals surface area contributed by atoms with Gasteiger partial charge >= 0.3 is 144 Å². The zero-order valence-electron chi connectivity index (χ0n) is 14.5. The Morgan fingerprint density at radius 1 is 0.591 bits per heavy atom. The maximum absolute atomic E-state index is 2.44. The van der Waals surface area contributed by atoms with Crippen molar-refractivity contribution < 1.29 is 17.9 Å². The van der Waals surface area contributed by atoms with Crippen LogP contribution in [0.2, 0.25) is 0 Å². The average molecular weight is 496 g/mol. The normalized spacial score (nSPS) is 13.3. The van der Waals surface area contributed by atoms with Gasteiger partial charge in [-0.05, 0) is 0 Å². The molecule has 124 valence electrons. The van der Waals surface area contributed by atoms with E-state index in [9.17, 15) is 0 Å². The van der Waals surface area contributed by atoms with Crippen molar-refractivity contribution in [3.63, 3.8) is 0 Å². The molecule has 0 fully saturated rings. The molecular weight excluding hydrogens is 468 g/mol. The minimum absolute atomic E-state index is 0.111. The zero-order chi connectivity index (χ0) is 16.4. The summed E-state index contributed by atoms with van der Waals surface area (Å²) in [5, 5.41) is 0.723. The molecular formula is C20H28AuP. The second-order valence-electron chi connectivity index (χ2n) is 7.30. The van der Waals surface area contributed by atoms with Crippen molar-refractivity contribution in [1.82, 2.24) is 0 Å². The number of rotatable bonds is 3. The molecule has 0 nitrogen and oxygen atoms in total. The Bertz CT molecular complexity index is 525. The second kappa shape index (κ2) is 7.02. The number of hydrogen-bond donors (Lipinski definition) is 0. The molecule has 0 heterocycles. The van der Waals surface area contributed by atoms with Gasteiger partial charge in [-0.25, -0.2) is 0 Å². The topological polar surface area (TPSA) is 0 Å². The molecule has 0 aliphatic carbocycles. The van der Waals surface area contributed by atoms with Crippen LogP contribution in [0.3, 0.4) is 0 Å². The van der Waals surface area contributed by atoms with E-state index in [0.717, 1.165) is 0 Å². The predicted molar refractivity (Wildman–Crippen MR) is 98.6 cm³/mol. The molecule has 0 saturated carbocycles. The van der Waals surface area contributed by atoms with Crippen LogP contribution in [0.25, 0.3) is 0 Å². The standard InChI is InChI=1S/C8H18P.2C6H5.Au/c1-7(2,3)9-8(4,5)6;2*1-2-4-6-5-3-1;/h1-6H3;2*1-5H;/q-1;;;+1. The zero-order valence-corrected chi connectivity index (χ0v) is 17.6. The Morgan fingerprint density at radius 3 is 1.18 bits per heavy atom. The summed E-state index contributed by atoms with van der Waals surface area (Å²) in [5.41, 5.74) is 0. The van der Waals surface area contributed by atoms with Gasteiger partial charge in [0, 0.05) is 0 Å². The van der Waals surface area contributed by atoms with Gasteiger partial charge in [0.25, 0.3) is 0 Å². The van der Waals surface area contributed by atoms with Crippen LogP contribution in [0.15, 0.2) is 60.7 Å². The van der Waals surface area contributed by atoms with Crippen LogP contribution in [0.5, 0.6) is 0 Å². The van der Waals surface area contributed by atoms with Crippen LogP contribution in [0.4, 0.5) is 0 Å². The van der Waals surface area contributed by atoms with E-state index < -0.39 is 17.9 Å². The van der Waals surface area contributed by atoms with Crippen molar-refractivity contribution in [3.05, 3.63) is 60.7 Å². The van der Waals surface area contributed by atoms with Gasteiger partial charge in [-0.2, -0.15) is 0 Å². The molecule has 0 N–H and O–H groups in total. The van der Waals surface area contributed by atoms with E-state index in [1.54, 1.807) is 7.56 Å². The molecule has 0 spiro atoms. The molecule has 0 bridgehead atoms. The van der Waals surface area contributed by atoms with Gasteiger partial charge in [0.15, 0.2) is 0 Å². The van der Waals surface area contributed by atoms with Crippen molar-refractivity contribution in [1.29, 1.82) is 0 Å². The molecule has 2 aromatic carbocycles. The average Bonchev–Trinajstić information content (AvgIpc) is 2.44. The third kappa shape index (κ3) is 4.33. The Kier molecular flexibility index (Phi) is 5.73. The summed E-state index contributed by atoms with van der Waals surface area (Å²) in [6.07, 6.45) is 0. The fourth-order valence-electron chi connectivity index (χ4n) is 2.66. The first-order valence-electron chi connectivity index (χ1n) is 7.70. The summed E-state index contributed by atoms with van der Waals surface area (Å²) >= 11 is -1.37. The fraction of sp³-hybridized carbons (Fsp3) is 0.400. The Labute approximate surface area is 143 Å². The van der Waals surface area contributed by atoms with Crippen LogP contribution >= 0.6 is 5.81 Å². The van der Waals surface area contributed by atoms with Gasteiger partial charge < -0.3 is 0 Å². The monoisotopic (exact) mass is 496 g/mol. The third-order valence-corrected chi connectivity index (χ3v) is 23.4. The summed E-state index contributed by atoms with van der Waals surface area (Å²) in [4.78, 5) is 0. The summed E-state index contributed by atoms with van der Waals surface area (Å²) in [7, 11) is 0. The molecule has 0 aliphatic heterocycles. The Morgan fingerprint density at radius 2 is 0.909 bits per heavy atom. The molecule has 0 amide bonds. The molecule has 2 aromatic rings. The SMILES string of the molecule is CC(C)(C)[P]([Au]([c]1ccccc1)[c]1ccccc1)C(C)(C)C. The van der Waals surface area contributed by atoms with Crippen molar-refractivity contribution in [2.24, 2.45) is 0 Å². The van der Waals surface area contributed by atoms with E-state index in [4.69, 9.17) is 0 Å². The van der Waals surface area contributed by atoms with Crippen molar-refractivity contribution >= 4 is 13.4 Å². The van der Waals surface area contributed by atoms with Crippen LogP contribution in [-0.4, -0.2) is 10.3 Å². The summed E-state index contributed by atoms with van der Waals surface area (Å²) < 4.78 is 3.19. The molecule has 0 aliphatic rings. The van der Waals surface area contributed by atoms with Crippen molar-refractivity contribution in [2.75, 3.05) is 0 Å². The fourth-order valence-corrected chi connectivity index (χ4v) is 22.3. The van der Waals surface area contributed by atoms with Crippen LogP contribution in [0, 0.1) is 0 Å². The van der Waals surface area contributed by atoms with Gasteiger partial charge in [0.05, 0.1) is 0 Å². The van der Waals surface area contributed by atoms with Crippen molar-refractivity contribution in [3.8, 4) is 0 Å². The van der Waals surface area contributed by atoms with E-state index in [1.165, 1.54) is 0 Å². The number of benzene rings is 2. The van der Waals surface area contributed by atoms with E-state index in [2.05, 4.69) is 102 Å². The van der Waals surface area contributed by atoms with E-state index >= 15 is 0 Å². The van der Waals surface area contributed by atoms with Gasteiger partial charge in [-0.15, -0.1) is 0 Å². The van der Waals surface area contributed by atoms with Gasteiger partial charge in [0.2, 0.25) is 0 Å². The molecule has 0 unspecified atom stereocenters. The van der Waals surface area contributed by atoms with Crippen molar-refractivity contribution in [2.45, 2.75) is 51.9 Å². The molecule has 0 saturated heterocycles. The molecule has 22 heavy (non-hydrogen) atoms. The molecule has 0 aromatic heterocycles. The number of hydrogen-bond acceptors (Lipinski definition) is 0. The van der Waals surface area contributed by atoms with E-state index in [0.29, 0.717) is 10.3 Å². The predicted octanol–water partition coefficient (Wildman–Crippen LogP) is 5.25. The first-order chi connectivity index (χ1) is 10.2. The van der Waals surface area contributed by atoms with Gasteiger partial charge in [-0.3, -0.25) is 0 Å².